The van der Waals surface area contributed by atoms with Gasteiger partial charge in [-0.1, -0.05) is 20.3 Å². The Hall–Kier alpha value is -0.160. The van der Waals surface area contributed by atoms with Crippen LogP contribution in [0.1, 0.15) is 52.4 Å². The molecule has 2 unspecified atom stereocenters. The van der Waals surface area contributed by atoms with E-state index in [1.165, 1.54) is 6.42 Å². The first-order valence-corrected chi connectivity index (χ1v) is 7.81. The fourth-order valence-corrected chi connectivity index (χ4v) is 2.81. The van der Waals surface area contributed by atoms with Gasteiger partial charge < -0.3 is 19.9 Å². The second-order valence-corrected chi connectivity index (χ2v) is 5.52. The number of nitrogens with one attached hydrogen (secondary N) is 1. The number of hydrogen-bond acceptors (Lipinski definition) is 4. The molecule has 1 rings (SSSR count). The van der Waals surface area contributed by atoms with Crippen LogP contribution in [0.2, 0.25) is 0 Å². The summed E-state index contributed by atoms with van der Waals surface area (Å²) in [6.07, 6.45) is 6.73. The third kappa shape index (κ3) is 6.21. The zero-order chi connectivity index (χ0) is 14.0. The Morgan fingerprint density at radius 1 is 1.26 bits per heavy atom. The van der Waals surface area contributed by atoms with Crippen LogP contribution >= 0.6 is 0 Å². The largest absolute Gasteiger partial charge is 0.394 e. The van der Waals surface area contributed by atoms with Crippen molar-refractivity contribution >= 4 is 0 Å². The van der Waals surface area contributed by atoms with Crippen LogP contribution in [0.15, 0.2) is 0 Å². The van der Waals surface area contributed by atoms with E-state index in [4.69, 9.17) is 9.47 Å². The first-order chi connectivity index (χ1) is 9.26. The summed E-state index contributed by atoms with van der Waals surface area (Å²) in [5, 5.41) is 13.1. The topological polar surface area (TPSA) is 50.7 Å². The monoisotopic (exact) mass is 273 g/mol. The van der Waals surface area contributed by atoms with Gasteiger partial charge in [0.25, 0.3) is 0 Å². The Bertz CT molecular complexity index is 221. The zero-order valence-electron chi connectivity index (χ0n) is 12.6. The number of aliphatic hydroxyl groups excluding tert-OH is 1. The normalized spacial score (nSPS) is 27.6. The van der Waals surface area contributed by atoms with E-state index in [2.05, 4.69) is 19.2 Å². The van der Waals surface area contributed by atoms with Crippen molar-refractivity contribution in [1.82, 2.24) is 5.32 Å². The van der Waals surface area contributed by atoms with Crippen LogP contribution in [0, 0.1) is 0 Å². The molecule has 4 nitrogen and oxygen atoms in total. The number of aliphatic hydroxyl groups is 1. The molecule has 1 aliphatic rings. The first kappa shape index (κ1) is 16.9. The van der Waals surface area contributed by atoms with Gasteiger partial charge in [-0.15, -0.1) is 0 Å². The van der Waals surface area contributed by atoms with Gasteiger partial charge in [-0.05, 0) is 38.6 Å². The Morgan fingerprint density at radius 3 is 2.79 bits per heavy atom. The lowest BCUT2D eigenvalue weighted by Crippen LogP contribution is -2.53. The molecule has 0 saturated heterocycles. The Morgan fingerprint density at radius 2 is 2.11 bits per heavy atom. The van der Waals surface area contributed by atoms with E-state index in [1.54, 1.807) is 0 Å². The molecule has 0 aromatic heterocycles. The predicted octanol–water partition coefficient (Wildman–Crippen LogP) is 2.10. The van der Waals surface area contributed by atoms with E-state index in [9.17, 15) is 5.11 Å². The lowest BCUT2D eigenvalue weighted by Gasteiger charge is -2.40. The molecule has 19 heavy (non-hydrogen) atoms. The maximum absolute atomic E-state index is 9.62. The van der Waals surface area contributed by atoms with Crippen LogP contribution < -0.4 is 5.32 Å². The van der Waals surface area contributed by atoms with Crippen molar-refractivity contribution in [3.8, 4) is 0 Å². The number of unbranched alkanes of at least 4 members (excludes halogenated alkanes) is 1. The summed E-state index contributed by atoms with van der Waals surface area (Å²) < 4.78 is 11.4. The van der Waals surface area contributed by atoms with Crippen molar-refractivity contribution in [3.05, 3.63) is 0 Å². The molecule has 0 aromatic rings. The minimum absolute atomic E-state index is 0.124. The average molecular weight is 273 g/mol. The second-order valence-electron chi connectivity index (χ2n) is 5.52. The van der Waals surface area contributed by atoms with Gasteiger partial charge in [0.05, 0.1) is 25.9 Å². The molecule has 0 aliphatic heterocycles. The van der Waals surface area contributed by atoms with Gasteiger partial charge in [-0.25, -0.2) is 0 Å². The molecule has 0 heterocycles. The quantitative estimate of drug-likeness (QED) is 0.599. The number of ether oxygens (including phenoxy) is 2. The average Bonchev–Trinajstić information content (AvgIpc) is 2.43. The molecular formula is C15H31NO3. The van der Waals surface area contributed by atoms with Gasteiger partial charge in [-0.2, -0.15) is 0 Å². The Balaban J connectivity index is 2.19. The molecule has 4 heteroatoms. The smallest absolute Gasteiger partial charge is 0.0704 e. The zero-order valence-corrected chi connectivity index (χ0v) is 12.6. The highest BCUT2D eigenvalue weighted by Crippen LogP contribution is 2.29. The lowest BCUT2D eigenvalue weighted by atomic mass is 9.80. The lowest BCUT2D eigenvalue weighted by molar-refractivity contribution is -0.0376. The van der Waals surface area contributed by atoms with E-state index in [-0.39, 0.29) is 18.2 Å². The molecule has 0 bridgehead atoms. The SMILES string of the molecule is CCCCOCCOC1CCCC(CO)(NCC)C1. The van der Waals surface area contributed by atoms with Gasteiger partial charge in [0.1, 0.15) is 0 Å². The molecule has 2 atom stereocenters. The molecule has 0 aromatic carbocycles. The van der Waals surface area contributed by atoms with Crippen molar-refractivity contribution in [2.75, 3.05) is 33.0 Å². The van der Waals surface area contributed by atoms with Crippen molar-refractivity contribution < 1.29 is 14.6 Å². The first-order valence-electron chi connectivity index (χ1n) is 7.81. The third-order valence-electron chi connectivity index (χ3n) is 3.88. The standard InChI is InChI=1S/C15H31NO3/c1-3-5-9-18-10-11-19-14-7-6-8-15(12-14,13-17)16-4-2/h14,16-17H,3-13H2,1-2H3. The maximum atomic E-state index is 9.62. The van der Waals surface area contributed by atoms with Crippen LogP contribution in [0.5, 0.6) is 0 Å². The molecule has 114 valence electrons. The Labute approximate surface area is 117 Å². The highest BCUT2D eigenvalue weighted by Gasteiger charge is 2.35. The molecule has 0 amide bonds. The van der Waals surface area contributed by atoms with E-state index in [0.29, 0.717) is 13.2 Å². The molecule has 0 radical (unpaired) electrons. The minimum Gasteiger partial charge on any atom is -0.394 e. The fourth-order valence-electron chi connectivity index (χ4n) is 2.81. The van der Waals surface area contributed by atoms with Gasteiger partial charge in [0.15, 0.2) is 0 Å². The summed E-state index contributed by atoms with van der Waals surface area (Å²) >= 11 is 0. The van der Waals surface area contributed by atoms with Crippen molar-refractivity contribution in [2.45, 2.75) is 64.0 Å². The summed E-state index contributed by atoms with van der Waals surface area (Å²) in [6, 6.07) is 0. The highest BCUT2D eigenvalue weighted by molar-refractivity contribution is 4.93. The van der Waals surface area contributed by atoms with Crippen molar-refractivity contribution in [3.63, 3.8) is 0 Å². The van der Waals surface area contributed by atoms with Crippen LogP contribution in [0.25, 0.3) is 0 Å². The fraction of sp³-hybridized carbons (Fsp3) is 1.00. The van der Waals surface area contributed by atoms with E-state index in [0.717, 1.165) is 45.3 Å². The van der Waals surface area contributed by atoms with E-state index < -0.39 is 0 Å². The van der Waals surface area contributed by atoms with Gasteiger partial charge in [0.2, 0.25) is 0 Å². The molecule has 1 fully saturated rings. The van der Waals surface area contributed by atoms with E-state index in [1.807, 2.05) is 0 Å². The van der Waals surface area contributed by atoms with Crippen molar-refractivity contribution in [1.29, 1.82) is 0 Å². The summed E-state index contributed by atoms with van der Waals surface area (Å²) in [5.74, 6) is 0. The van der Waals surface area contributed by atoms with Crippen LogP contribution in [0.4, 0.5) is 0 Å². The van der Waals surface area contributed by atoms with Gasteiger partial charge >= 0.3 is 0 Å². The predicted molar refractivity (Wildman–Crippen MR) is 77.4 cm³/mol. The summed E-state index contributed by atoms with van der Waals surface area (Å²) in [4.78, 5) is 0. The minimum atomic E-state index is -0.124. The molecular weight excluding hydrogens is 242 g/mol. The highest BCUT2D eigenvalue weighted by atomic mass is 16.5. The van der Waals surface area contributed by atoms with Crippen LogP contribution in [0.3, 0.4) is 0 Å². The van der Waals surface area contributed by atoms with E-state index >= 15 is 0 Å². The Kier molecular flexibility index (Phi) is 8.62. The summed E-state index contributed by atoms with van der Waals surface area (Å²) in [5.41, 5.74) is -0.124. The van der Waals surface area contributed by atoms with Gasteiger partial charge in [0, 0.05) is 12.1 Å². The van der Waals surface area contributed by atoms with Crippen LogP contribution in [-0.4, -0.2) is 49.7 Å². The van der Waals surface area contributed by atoms with Crippen molar-refractivity contribution in [2.24, 2.45) is 0 Å². The van der Waals surface area contributed by atoms with Gasteiger partial charge in [-0.3, -0.25) is 0 Å². The summed E-state index contributed by atoms with van der Waals surface area (Å²) in [6.45, 7) is 7.54. The molecule has 1 saturated carbocycles. The number of likely N-dealkylation sites (N-methyl/N-ethyl adjacent to an activating group) is 1. The molecule has 2 N–H and O–H groups in total. The maximum Gasteiger partial charge on any atom is 0.0704 e. The molecule has 0 spiro atoms. The number of rotatable bonds is 10. The summed E-state index contributed by atoms with van der Waals surface area (Å²) in [7, 11) is 0. The van der Waals surface area contributed by atoms with Crippen LogP contribution in [-0.2, 0) is 9.47 Å². The second kappa shape index (κ2) is 9.70. The number of hydrogen-bond donors (Lipinski definition) is 2. The third-order valence-corrected chi connectivity index (χ3v) is 3.88. The molecule has 1 aliphatic carbocycles.